The molecule has 10 aromatic rings. The van der Waals surface area contributed by atoms with Gasteiger partial charge in [0.25, 0.3) is 0 Å². The van der Waals surface area contributed by atoms with E-state index in [2.05, 4.69) is 143 Å². The highest BCUT2D eigenvalue weighted by atomic mass is 16.3. The smallest absolute Gasteiger partial charge is 0.135 e. The van der Waals surface area contributed by atoms with Crippen LogP contribution in [0.4, 0.5) is 17.1 Å². The number of nitrogens with zero attached hydrogens (tertiary/aromatic N) is 2. The van der Waals surface area contributed by atoms with Crippen molar-refractivity contribution in [2.45, 2.75) is 0 Å². The Balaban J connectivity index is 1.18. The third-order valence-electron chi connectivity index (χ3n) is 9.18. The predicted octanol–water partition coefficient (Wildman–Crippen LogP) is 12.1. The minimum absolute atomic E-state index is 0.878. The maximum atomic E-state index is 6.19. The zero-order valence-corrected chi connectivity index (χ0v) is 24.7. The van der Waals surface area contributed by atoms with E-state index in [0.717, 1.165) is 66.6 Å². The summed E-state index contributed by atoms with van der Waals surface area (Å²) in [7, 11) is 0. The molecule has 7 aromatic carbocycles. The van der Waals surface area contributed by atoms with Crippen LogP contribution in [0.25, 0.3) is 71.4 Å². The monoisotopic (exact) mass is 590 g/mol. The topological polar surface area (TPSA) is 34.5 Å². The summed E-state index contributed by atoms with van der Waals surface area (Å²) in [6, 6.07) is 55.5. The second kappa shape index (κ2) is 9.62. The lowest BCUT2D eigenvalue weighted by molar-refractivity contribution is 0.668. The highest BCUT2D eigenvalue weighted by molar-refractivity contribution is 6.10. The van der Waals surface area contributed by atoms with Crippen molar-refractivity contribution in [1.82, 2.24) is 4.57 Å². The zero-order chi connectivity index (χ0) is 30.2. The van der Waals surface area contributed by atoms with Crippen LogP contribution in [-0.2, 0) is 0 Å². The number of rotatable bonds is 4. The van der Waals surface area contributed by atoms with Crippen LogP contribution in [0.15, 0.2) is 167 Å². The van der Waals surface area contributed by atoms with Crippen molar-refractivity contribution in [3.8, 4) is 5.69 Å². The molecule has 0 unspecified atom stereocenters. The Morgan fingerprint density at radius 3 is 1.28 bits per heavy atom. The van der Waals surface area contributed by atoms with Crippen LogP contribution in [0.5, 0.6) is 0 Å². The van der Waals surface area contributed by atoms with Crippen molar-refractivity contribution in [3.63, 3.8) is 0 Å². The molecular weight excluding hydrogens is 564 g/mol. The van der Waals surface area contributed by atoms with Crippen LogP contribution < -0.4 is 4.90 Å². The van der Waals surface area contributed by atoms with Gasteiger partial charge in [0.05, 0.1) is 11.0 Å². The average molecular weight is 591 g/mol. The quantitative estimate of drug-likeness (QED) is 0.204. The molecule has 0 aliphatic carbocycles. The van der Waals surface area contributed by atoms with E-state index in [1.165, 1.54) is 21.8 Å². The standard InChI is InChI=1S/C42H26N2O2/c1-5-13-37-31(9-1)32-10-2-6-14-38(32)44(37)28-19-17-27(18-20-28)43(29-21-23-41-35(25-29)33-11-3-7-15-39(33)45-41)30-22-24-42-36(26-30)34-12-4-8-16-40(34)46-42/h1-26H. The van der Waals surface area contributed by atoms with Crippen molar-refractivity contribution in [2.75, 3.05) is 4.90 Å². The summed E-state index contributed by atoms with van der Waals surface area (Å²) in [5.41, 5.74) is 10.2. The van der Waals surface area contributed by atoms with Crippen molar-refractivity contribution in [2.24, 2.45) is 0 Å². The van der Waals surface area contributed by atoms with Gasteiger partial charge in [-0.2, -0.15) is 0 Å². The molecule has 46 heavy (non-hydrogen) atoms. The maximum absolute atomic E-state index is 6.19. The van der Waals surface area contributed by atoms with E-state index in [9.17, 15) is 0 Å². The summed E-state index contributed by atoms with van der Waals surface area (Å²) in [5.74, 6) is 0. The second-order valence-electron chi connectivity index (χ2n) is 11.8. The van der Waals surface area contributed by atoms with Gasteiger partial charge < -0.3 is 18.3 Å². The Bertz CT molecular complexity index is 2600. The molecule has 0 spiro atoms. The van der Waals surface area contributed by atoms with Crippen LogP contribution in [0.1, 0.15) is 0 Å². The molecular formula is C42H26N2O2. The first-order chi connectivity index (χ1) is 22.8. The molecule has 0 saturated carbocycles. The number of aromatic nitrogens is 1. The molecule has 0 saturated heterocycles. The molecule has 0 amide bonds. The summed E-state index contributed by atoms with van der Waals surface area (Å²) >= 11 is 0. The molecule has 0 radical (unpaired) electrons. The molecule has 0 atom stereocenters. The van der Waals surface area contributed by atoms with Gasteiger partial charge in [0, 0.05) is 55.1 Å². The first-order valence-corrected chi connectivity index (χ1v) is 15.5. The van der Waals surface area contributed by atoms with Crippen LogP contribution >= 0.6 is 0 Å². The fourth-order valence-electron chi connectivity index (χ4n) is 7.10. The fraction of sp³-hybridized carbons (Fsp3) is 0. The van der Waals surface area contributed by atoms with Gasteiger partial charge >= 0.3 is 0 Å². The highest BCUT2D eigenvalue weighted by Crippen LogP contribution is 2.41. The molecule has 216 valence electrons. The molecule has 10 rings (SSSR count). The fourth-order valence-corrected chi connectivity index (χ4v) is 7.10. The number of para-hydroxylation sites is 4. The van der Waals surface area contributed by atoms with Gasteiger partial charge in [-0.25, -0.2) is 0 Å². The third kappa shape index (κ3) is 3.67. The van der Waals surface area contributed by atoms with Crippen LogP contribution in [-0.4, -0.2) is 4.57 Å². The van der Waals surface area contributed by atoms with Crippen LogP contribution in [0.3, 0.4) is 0 Å². The Morgan fingerprint density at radius 2 is 0.761 bits per heavy atom. The summed E-state index contributed by atoms with van der Waals surface area (Å²) < 4.78 is 14.7. The van der Waals surface area contributed by atoms with Gasteiger partial charge in [-0.1, -0.05) is 72.8 Å². The number of fused-ring (bicyclic) bond motifs is 9. The first-order valence-electron chi connectivity index (χ1n) is 15.5. The van der Waals surface area contributed by atoms with E-state index in [1.807, 2.05) is 24.3 Å². The maximum Gasteiger partial charge on any atom is 0.135 e. The summed E-state index contributed by atoms with van der Waals surface area (Å²) in [6.45, 7) is 0. The molecule has 0 N–H and O–H groups in total. The van der Waals surface area contributed by atoms with Gasteiger partial charge in [0.1, 0.15) is 22.3 Å². The van der Waals surface area contributed by atoms with Crippen molar-refractivity contribution in [3.05, 3.63) is 158 Å². The zero-order valence-electron chi connectivity index (χ0n) is 24.7. The SMILES string of the molecule is c1ccc2c(c1)oc1ccc(N(c3ccc(-n4c5ccccc5c5ccccc54)cc3)c3ccc4oc5ccccc5c4c3)cc12. The lowest BCUT2D eigenvalue weighted by Crippen LogP contribution is -2.10. The lowest BCUT2D eigenvalue weighted by Gasteiger charge is -2.26. The van der Waals surface area contributed by atoms with Crippen LogP contribution in [0, 0.1) is 0 Å². The Labute approximate surface area is 263 Å². The summed E-state index contributed by atoms with van der Waals surface area (Å²) in [6.07, 6.45) is 0. The molecule has 0 bridgehead atoms. The predicted molar refractivity (Wildman–Crippen MR) is 190 cm³/mol. The molecule has 3 heterocycles. The van der Waals surface area contributed by atoms with Crippen molar-refractivity contribution < 1.29 is 8.83 Å². The summed E-state index contributed by atoms with van der Waals surface area (Å²) in [5, 5.41) is 6.91. The number of furan rings is 2. The minimum Gasteiger partial charge on any atom is -0.456 e. The van der Waals surface area contributed by atoms with Gasteiger partial charge in [-0.05, 0) is 84.9 Å². The lowest BCUT2D eigenvalue weighted by atomic mass is 10.1. The van der Waals surface area contributed by atoms with E-state index >= 15 is 0 Å². The minimum atomic E-state index is 0.878. The van der Waals surface area contributed by atoms with Crippen molar-refractivity contribution in [1.29, 1.82) is 0 Å². The highest BCUT2D eigenvalue weighted by Gasteiger charge is 2.18. The van der Waals surface area contributed by atoms with Gasteiger partial charge in [0.15, 0.2) is 0 Å². The van der Waals surface area contributed by atoms with E-state index in [1.54, 1.807) is 0 Å². The van der Waals surface area contributed by atoms with E-state index in [-0.39, 0.29) is 0 Å². The molecule has 4 nitrogen and oxygen atoms in total. The number of anilines is 3. The van der Waals surface area contributed by atoms with E-state index in [0.29, 0.717) is 0 Å². The number of hydrogen-bond donors (Lipinski definition) is 0. The van der Waals surface area contributed by atoms with Crippen LogP contribution in [0.2, 0.25) is 0 Å². The normalized spacial score (nSPS) is 11.9. The Morgan fingerprint density at radius 1 is 0.348 bits per heavy atom. The summed E-state index contributed by atoms with van der Waals surface area (Å²) in [4.78, 5) is 2.32. The average Bonchev–Trinajstić information content (AvgIpc) is 3.78. The number of hydrogen-bond acceptors (Lipinski definition) is 3. The second-order valence-corrected chi connectivity index (χ2v) is 11.8. The molecule has 4 heteroatoms. The molecule has 0 aliphatic heterocycles. The Kier molecular flexibility index (Phi) is 5.25. The van der Waals surface area contributed by atoms with Gasteiger partial charge in [0.2, 0.25) is 0 Å². The third-order valence-corrected chi connectivity index (χ3v) is 9.18. The largest absolute Gasteiger partial charge is 0.456 e. The molecule has 0 aliphatic rings. The van der Waals surface area contributed by atoms with Gasteiger partial charge in [-0.3, -0.25) is 0 Å². The number of benzene rings is 7. The molecule has 0 fully saturated rings. The van der Waals surface area contributed by atoms with Crippen molar-refractivity contribution >= 4 is 82.7 Å². The van der Waals surface area contributed by atoms with E-state index in [4.69, 9.17) is 8.83 Å². The van der Waals surface area contributed by atoms with E-state index < -0.39 is 0 Å². The first kappa shape index (κ1) is 25.1. The Hall–Kier alpha value is -6.26. The van der Waals surface area contributed by atoms with Gasteiger partial charge in [-0.15, -0.1) is 0 Å². The molecule has 3 aromatic heterocycles.